The molecule has 1 aliphatic carbocycles. The summed E-state index contributed by atoms with van der Waals surface area (Å²) < 4.78 is 14.7. The molecule has 0 radical (unpaired) electrons. The number of amides is 1. The third-order valence-corrected chi connectivity index (χ3v) is 6.93. The van der Waals surface area contributed by atoms with E-state index in [2.05, 4.69) is 25.0 Å². The van der Waals surface area contributed by atoms with E-state index in [-0.39, 0.29) is 11.6 Å². The fraction of sp³-hybridized carbons (Fsp3) is 0.417. The molecule has 36 heavy (non-hydrogen) atoms. The van der Waals surface area contributed by atoms with Crippen LogP contribution >= 0.6 is 0 Å². The number of hydrogen-bond acceptors (Lipinski definition) is 9. The minimum atomic E-state index is -0.648. The van der Waals surface area contributed by atoms with Gasteiger partial charge in [-0.05, 0) is 31.7 Å². The molecule has 12 nitrogen and oxygen atoms in total. The number of carbonyl (C=O) groups excluding carboxylic acids is 1. The highest BCUT2D eigenvalue weighted by Gasteiger charge is 2.29. The first-order valence-electron chi connectivity index (χ1n) is 12.1. The first-order chi connectivity index (χ1) is 17.7. The Balaban J connectivity index is 1.27. The second-order valence-corrected chi connectivity index (χ2v) is 9.10. The Hall–Kier alpha value is -3.90. The molecule has 186 valence electrons. The highest BCUT2D eigenvalue weighted by atomic mass is 16.5. The summed E-state index contributed by atoms with van der Waals surface area (Å²) in [4.78, 5) is 26.9. The van der Waals surface area contributed by atoms with Gasteiger partial charge in [-0.15, -0.1) is 0 Å². The van der Waals surface area contributed by atoms with Gasteiger partial charge in [0.2, 0.25) is 5.89 Å². The average Bonchev–Trinajstić information content (AvgIpc) is 3.69. The quantitative estimate of drug-likeness (QED) is 0.430. The third-order valence-electron chi connectivity index (χ3n) is 6.93. The largest absolute Gasteiger partial charge is 0.444 e. The minimum absolute atomic E-state index is 0.0663. The summed E-state index contributed by atoms with van der Waals surface area (Å²) in [7, 11) is 0. The smallest absolute Gasteiger partial charge is 0.270 e. The van der Waals surface area contributed by atoms with E-state index in [1.54, 1.807) is 35.5 Å². The Morgan fingerprint density at radius 2 is 1.78 bits per heavy atom. The summed E-state index contributed by atoms with van der Waals surface area (Å²) in [5, 5.41) is 9.43. The highest BCUT2D eigenvalue weighted by molar-refractivity contribution is 5.90. The van der Waals surface area contributed by atoms with Crippen molar-refractivity contribution in [3.8, 4) is 28.7 Å². The molecule has 4 aromatic heterocycles. The van der Waals surface area contributed by atoms with E-state index in [1.165, 1.54) is 6.26 Å². The van der Waals surface area contributed by atoms with Crippen molar-refractivity contribution in [3.05, 3.63) is 49.0 Å². The van der Waals surface area contributed by atoms with Crippen LogP contribution in [0.1, 0.15) is 42.2 Å². The molecule has 0 aromatic carbocycles. The molecule has 4 aromatic rings. The van der Waals surface area contributed by atoms with Gasteiger partial charge in [-0.2, -0.15) is 10.2 Å². The Morgan fingerprint density at radius 3 is 2.50 bits per heavy atom. The van der Waals surface area contributed by atoms with Gasteiger partial charge in [0, 0.05) is 37.7 Å². The van der Waals surface area contributed by atoms with Gasteiger partial charge in [-0.25, -0.2) is 19.6 Å². The maximum absolute atomic E-state index is 11.4. The van der Waals surface area contributed by atoms with Crippen LogP contribution in [-0.4, -0.2) is 77.7 Å². The number of primary amides is 1. The average molecular weight is 490 g/mol. The number of nitrogens with zero attached hydrogens (tertiary/aromatic N) is 8. The number of hydrogen-bond donors (Lipinski definition) is 1. The molecular formula is C24H27N9O3. The van der Waals surface area contributed by atoms with Gasteiger partial charge in [0.05, 0.1) is 37.2 Å². The lowest BCUT2D eigenvalue weighted by molar-refractivity contribution is 0.00507. The number of rotatable bonds is 6. The molecule has 2 fully saturated rings. The molecule has 0 bridgehead atoms. The maximum atomic E-state index is 11.4. The van der Waals surface area contributed by atoms with Gasteiger partial charge in [0.25, 0.3) is 5.91 Å². The number of ether oxygens (including phenoxy) is 1. The van der Waals surface area contributed by atoms with Crippen LogP contribution in [-0.2, 0) is 4.74 Å². The SMILES string of the molecule is NC(=O)c1coc(-c2cnn(-c3cn(C4CCC(N5CCOCC5)CC4)nc3-c3ncccn3)c2)n1. The topological polar surface area (TPSA) is 143 Å². The Morgan fingerprint density at radius 1 is 1.03 bits per heavy atom. The minimum Gasteiger partial charge on any atom is -0.444 e. The zero-order chi connectivity index (χ0) is 24.5. The summed E-state index contributed by atoms with van der Waals surface area (Å²) in [6.07, 6.45) is 14.4. The summed E-state index contributed by atoms with van der Waals surface area (Å²) in [6.45, 7) is 3.69. The van der Waals surface area contributed by atoms with Crippen molar-refractivity contribution >= 4 is 5.91 Å². The van der Waals surface area contributed by atoms with Crippen molar-refractivity contribution in [1.82, 2.24) is 39.4 Å². The molecule has 1 saturated heterocycles. The van der Waals surface area contributed by atoms with E-state index in [0.717, 1.165) is 57.7 Å². The second-order valence-electron chi connectivity index (χ2n) is 9.10. The van der Waals surface area contributed by atoms with E-state index in [9.17, 15) is 4.79 Å². The van der Waals surface area contributed by atoms with Crippen LogP contribution < -0.4 is 5.73 Å². The molecule has 12 heteroatoms. The van der Waals surface area contributed by atoms with Gasteiger partial charge >= 0.3 is 0 Å². The van der Waals surface area contributed by atoms with Gasteiger partial charge < -0.3 is 14.9 Å². The highest BCUT2D eigenvalue weighted by Crippen LogP contribution is 2.33. The molecule has 1 aliphatic heterocycles. The summed E-state index contributed by atoms with van der Waals surface area (Å²) >= 11 is 0. The first kappa shape index (κ1) is 22.6. The molecular weight excluding hydrogens is 462 g/mol. The van der Waals surface area contributed by atoms with Crippen LogP contribution in [0.3, 0.4) is 0 Å². The monoisotopic (exact) mass is 489 g/mol. The molecule has 2 aliphatic rings. The van der Waals surface area contributed by atoms with Crippen molar-refractivity contribution < 1.29 is 13.9 Å². The standard InChI is InChI=1S/C24H27N9O3/c25-22(34)19-15-36-24(29-19)16-12-28-33(13-16)20-14-32(30-21(20)23-26-6-1-7-27-23)18-4-2-17(3-5-18)31-8-10-35-11-9-31/h1,6-7,12-15,17-18H,2-5,8-11H2,(H2,25,34). The van der Waals surface area contributed by atoms with Crippen molar-refractivity contribution in [1.29, 1.82) is 0 Å². The molecule has 5 heterocycles. The molecule has 0 spiro atoms. The number of aromatic nitrogens is 7. The number of oxazole rings is 1. The lowest BCUT2D eigenvalue weighted by Gasteiger charge is -2.38. The third kappa shape index (κ3) is 4.40. The van der Waals surface area contributed by atoms with Crippen molar-refractivity contribution in [2.24, 2.45) is 5.73 Å². The van der Waals surface area contributed by atoms with E-state index in [0.29, 0.717) is 29.2 Å². The fourth-order valence-electron chi connectivity index (χ4n) is 5.03. The summed E-state index contributed by atoms with van der Waals surface area (Å²) in [5.74, 6) is 0.143. The second kappa shape index (κ2) is 9.63. The first-order valence-corrected chi connectivity index (χ1v) is 12.1. The number of nitrogens with two attached hydrogens (primary N) is 1. The van der Waals surface area contributed by atoms with Gasteiger partial charge in [-0.3, -0.25) is 14.4 Å². The molecule has 1 amide bonds. The van der Waals surface area contributed by atoms with Crippen molar-refractivity contribution in [2.45, 2.75) is 37.8 Å². The van der Waals surface area contributed by atoms with E-state index in [1.807, 2.05) is 10.9 Å². The molecule has 0 unspecified atom stereocenters. The fourth-order valence-corrected chi connectivity index (χ4v) is 5.03. The van der Waals surface area contributed by atoms with Crippen molar-refractivity contribution in [3.63, 3.8) is 0 Å². The summed E-state index contributed by atoms with van der Waals surface area (Å²) in [6, 6.07) is 2.67. The van der Waals surface area contributed by atoms with Crippen LogP contribution in [0.2, 0.25) is 0 Å². The van der Waals surface area contributed by atoms with Crippen molar-refractivity contribution in [2.75, 3.05) is 26.3 Å². The maximum Gasteiger partial charge on any atom is 0.270 e. The molecule has 6 rings (SSSR count). The normalized spacial score (nSPS) is 21.0. The van der Waals surface area contributed by atoms with E-state index < -0.39 is 5.91 Å². The number of carbonyl (C=O) groups is 1. The van der Waals surface area contributed by atoms with Gasteiger partial charge in [-0.1, -0.05) is 0 Å². The zero-order valence-electron chi connectivity index (χ0n) is 19.7. The Kier molecular flexibility index (Phi) is 6.03. The predicted octanol–water partition coefficient (Wildman–Crippen LogP) is 2.10. The van der Waals surface area contributed by atoms with Gasteiger partial charge in [0.1, 0.15) is 12.0 Å². The van der Waals surface area contributed by atoms with E-state index >= 15 is 0 Å². The molecule has 2 N–H and O–H groups in total. The Labute approximate surface area is 207 Å². The number of morpholine rings is 1. The van der Waals surface area contributed by atoms with Crippen LogP contribution in [0.15, 0.2) is 47.7 Å². The molecule has 1 saturated carbocycles. The Bertz CT molecular complexity index is 1330. The van der Waals surface area contributed by atoms with E-state index in [4.69, 9.17) is 20.0 Å². The van der Waals surface area contributed by atoms with Gasteiger partial charge in [0.15, 0.2) is 17.2 Å². The summed E-state index contributed by atoms with van der Waals surface area (Å²) in [5.41, 5.74) is 7.37. The van der Waals surface area contributed by atoms with Crippen LogP contribution in [0.5, 0.6) is 0 Å². The van der Waals surface area contributed by atoms with Crippen LogP contribution in [0, 0.1) is 0 Å². The van der Waals surface area contributed by atoms with Crippen LogP contribution in [0.25, 0.3) is 28.7 Å². The van der Waals surface area contributed by atoms with Crippen LogP contribution in [0.4, 0.5) is 0 Å². The molecule has 0 atom stereocenters. The predicted molar refractivity (Wildman–Crippen MR) is 128 cm³/mol. The lowest BCUT2D eigenvalue weighted by atomic mass is 9.90. The zero-order valence-corrected chi connectivity index (χ0v) is 19.7. The lowest BCUT2D eigenvalue weighted by Crippen LogP contribution is -2.45.